The van der Waals surface area contributed by atoms with Crippen LogP contribution < -0.4 is 5.32 Å². The number of aryl methyl sites for hydroxylation is 1. The van der Waals surface area contributed by atoms with E-state index in [1.165, 1.54) is 12.5 Å². The first-order chi connectivity index (χ1) is 8.72. The van der Waals surface area contributed by atoms with E-state index in [0.29, 0.717) is 5.82 Å². The van der Waals surface area contributed by atoms with Crippen LogP contribution in [0.3, 0.4) is 0 Å². The molecule has 0 aliphatic rings. The average molecular weight is 254 g/mol. The van der Waals surface area contributed by atoms with Crippen molar-refractivity contribution in [1.82, 2.24) is 4.98 Å². The van der Waals surface area contributed by atoms with Crippen LogP contribution in [0.2, 0.25) is 0 Å². The molecule has 0 spiro atoms. The molecule has 1 rings (SSSR count). The summed E-state index contributed by atoms with van der Waals surface area (Å²) in [7, 11) is 0. The van der Waals surface area contributed by atoms with Crippen LogP contribution in [0.1, 0.15) is 61.0 Å². The number of carbonyl (C=O) groups excluding carboxylic acids is 1. The van der Waals surface area contributed by atoms with Gasteiger partial charge < -0.3 is 5.32 Å². The van der Waals surface area contributed by atoms with E-state index in [1.54, 1.807) is 12.3 Å². The molecule has 0 bridgehead atoms. The second-order valence-corrected chi connectivity index (χ2v) is 2.59. The molecule has 0 unspecified atom stereocenters. The topological polar surface area (TPSA) is 42.0 Å². The Hall–Kier alpha value is -1.38. The fraction of sp³-hybridized carbons (Fsp3) is 0.600. The van der Waals surface area contributed by atoms with Crippen LogP contribution in [0, 0.1) is 0 Å². The van der Waals surface area contributed by atoms with Crippen LogP contribution >= 0.6 is 0 Å². The van der Waals surface area contributed by atoms with Gasteiger partial charge in [-0.3, -0.25) is 4.79 Å². The van der Waals surface area contributed by atoms with Gasteiger partial charge >= 0.3 is 0 Å². The van der Waals surface area contributed by atoms with Crippen molar-refractivity contribution in [2.45, 2.75) is 61.8 Å². The molecule has 0 aliphatic heterocycles. The van der Waals surface area contributed by atoms with Crippen LogP contribution in [0.25, 0.3) is 0 Å². The Balaban J connectivity index is -0.000000328. The van der Waals surface area contributed by atoms with E-state index >= 15 is 0 Å². The molecule has 0 saturated heterocycles. The molecule has 3 heteroatoms. The molecule has 0 fully saturated rings. The number of carbonyl (C=O) groups is 1. The Morgan fingerprint density at radius 2 is 1.61 bits per heavy atom. The number of nitrogens with zero attached hydrogens (tertiary/aromatic N) is 1. The van der Waals surface area contributed by atoms with Crippen LogP contribution in [0.4, 0.5) is 5.82 Å². The second-order valence-electron chi connectivity index (χ2n) is 2.59. The zero-order valence-corrected chi connectivity index (χ0v) is 13.3. The summed E-state index contributed by atoms with van der Waals surface area (Å²) in [5.41, 5.74) is 1.17. The number of hydrogen-bond acceptors (Lipinski definition) is 2. The fourth-order valence-electron chi connectivity index (χ4n) is 0.888. The van der Waals surface area contributed by atoms with Crippen molar-refractivity contribution in [3.8, 4) is 0 Å². The van der Waals surface area contributed by atoms with Gasteiger partial charge in [-0.1, -0.05) is 54.5 Å². The van der Waals surface area contributed by atoms with E-state index in [9.17, 15) is 4.79 Å². The largest absolute Gasteiger partial charge is 0.311 e. The first-order valence-electron chi connectivity index (χ1n) is 6.95. The van der Waals surface area contributed by atoms with Gasteiger partial charge in [0.2, 0.25) is 5.91 Å². The molecule has 1 aromatic rings. The molecule has 1 aromatic heterocycles. The molecule has 106 valence electrons. The number of anilines is 1. The summed E-state index contributed by atoms with van der Waals surface area (Å²) in [6.07, 6.45) is 2.73. The molecule has 0 radical (unpaired) electrons. The predicted molar refractivity (Wildman–Crippen MR) is 82.0 cm³/mol. The fourth-order valence-corrected chi connectivity index (χ4v) is 0.888. The monoisotopic (exact) mass is 254 g/mol. The second kappa shape index (κ2) is 18.0. The maximum atomic E-state index is 10.6. The quantitative estimate of drug-likeness (QED) is 0.832. The van der Waals surface area contributed by atoms with Crippen LogP contribution in [-0.4, -0.2) is 10.9 Å². The Bertz CT molecular complexity index is 268. The molecular formula is C15H30N2O. The van der Waals surface area contributed by atoms with Gasteiger partial charge in [0, 0.05) is 13.1 Å². The molecule has 0 atom stereocenters. The number of aromatic nitrogens is 1. The maximum Gasteiger partial charge on any atom is 0.222 e. The van der Waals surface area contributed by atoms with Gasteiger partial charge in [-0.05, 0) is 18.1 Å². The van der Waals surface area contributed by atoms with Crippen LogP contribution in [0.5, 0.6) is 0 Å². The van der Waals surface area contributed by atoms with E-state index < -0.39 is 0 Å². The number of pyridine rings is 1. The number of rotatable bonds is 2. The Labute approximate surface area is 113 Å². The van der Waals surface area contributed by atoms with Crippen LogP contribution in [0.15, 0.2) is 18.3 Å². The van der Waals surface area contributed by atoms with Crippen molar-refractivity contribution in [3.05, 3.63) is 23.9 Å². The molecule has 18 heavy (non-hydrogen) atoms. The normalized spacial score (nSPS) is 7.33. The minimum atomic E-state index is -0.0910. The molecule has 1 heterocycles. The van der Waals surface area contributed by atoms with E-state index in [-0.39, 0.29) is 5.91 Å². The van der Waals surface area contributed by atoms with Gasteiger partial charge in [-0.25, -0.2) is 4.98 Å². The van der Waals surface area contributed by atoms with Crippen LogP contribution in [-0.2, 0) is 11.2 Å². The summed E-state index contributed by atoms with van der Waals surface area (Å²) in [4.78, 5) is 14.7. The van der Waals surface area contributed by atoms with E-state index in [2.05, 4.69) is 17.2 Å². The molecule has 0 aliphatic carbocycles. The Morgan fingerprint density at radius 1 is 1.11 bits per heavy atom. The van der Waals surface area contributed by atoms with Gasteiger partial charge in [-0.15, -0.1) is 0 Å². The third kappa shape index (κ3) is 12.7. The Kier molecular flexibility index (Phi) is 21.9. The van der Waals surface area contributed by atoms with Crippen molar-refractivity contribution in [1.29, 1.82) is 0 Å². The smallest absolute Gasteiger partial charge is 0.222 e. The average Bonchev–Trinajstić information content (AvgIpc) is 2.46. The van der Waals surface area contributed by atoms with E-state index in [1.807, 2.05) is 47.6 Å². The zero-order chi connectivity index (χ0) is 15.0. The third-order valence-corrected chi connectivity index (χ3v) is 1.54. The lowest BCUT2D eigenvalue weighted by molar-refractivity contribution is -0.114. The maximum absolute atomic E-state index is 10.6. The summed E-state index contributed by atoms with van der Waals surface area (Å²) < 4.78 is 0. The van der Waals surface area contributed by atoms with Gasteiger partial charge in [0.25, 0.3) is 0 Å². The van der Waals surface area contributed by atoms with Gasteiger partial charge in [0.05, 0.1) is 0 Å². The summed E-state index contributed by atoms with van der Waals surface area (Å²) >= 11 is 0. The van der Waals surface area contributed by atoms with Crippen molar-refractivity contribution in [2.24, 2.45) is 0 Å². The zero-order valence-electron chi connectivity index (χ0n) is 13.3. The lowest BCUT2D eigenvalue weighted by Crippen LogP contribution is -2.07. The van der Waals surface area contributed by atoms with Crippen molar-refractivity contribution in [2.75, 3.05) is 5.32 Å². The predicted octanol–water partition coefficient (Wildman–Crippen LogP) is 4.68. The lowest BCUT2D eigenvalue weighted by atomic mass is 10.2. The molecule has 0 aromatic carbocycles. The highest BCUT2D eigenvalue weighted by Crippen LogP contribution is 2.04. The van der Waals surface area contributed by atoms with E-state index in [0.717, 1.165) is 6.42 Å². The standard InChI is InChI=1S/C9H12N2O.3C2H6/c1-3-8-4-5-9(10-6-8)11-7(2)12;3*1-2/h4-6H,3H2,1-2H3,(H,10,11,12);3*1-2H3. The van der Waals surface area contributed by atoms with Crippen molar-refractivity contribution >= 4 is 11.7 Å². The summed E-state index contributed by atoms with van der Waals surface area (Å²) in [6.45, 7) is 15.5. The van der Waals surface area contributed by atoms with Gasteiger partial charge in [0.15, 0.2) is 0 Å². The highest BCUT2D eigenvalue weighted by atomic mass is 16.1. The molecular weight excluding hydrogens is 224 g/mol. The minimum Gasteiger partial charge on any atom is -0.311 e. The lowest BCUT2D eigenvalue weighted by Gasteiger charge is -2.00. The summed E-state index contributed by atoms with van der Waals surface area (Å²) in [5.74, 6) is 0.520. The van der Waals surface area contributed by atoms with Crippen molar-refractivity contribution < 1.29 is 4.79 Å². The van der Waals surface area contributed by atoms with Gasteiger partial charge in [-0.2, -0.15) is 0 Å². The summed E-state index contributed by atoms with van der Waals surface area (Å²) in [6, 6.07) is 3.76. The minimum absolute atomic E-state index is 0.0910. The SMILES string of the molecule is CC.CC.CC.CCc1ccc(NC(C)=O)nc1. The molecule has 1 N–H and O–H groups in total. The van der Waals surface area contributed by atoms with Crippen molar-refractivity contribution in [3.63, 3.8) is 0 Å². The third-order valence-electron chi connectivity index (χ3n) is 1.54. The van der Waals surface area contributed by atoms with E-state index in [4.69, 9.17) is 0 Å². The summed E-state index contributed by atoms with van der Waals surface area (Å²) in [5, 5.41) is 2.61. The molecule has 1 amide bonds. The molecule has 0 saturated carbocycles. The first kappa shape index (κ1) is 21.9. The highest BCUT2D eigenvalue weighted by Gasteiger charge is 1.95. The number of amides is 1. The first-order valence-corrected chi connectivity index (χ1v) is 6.95. The molecule has 3 nitrogen and oxygen atoms in total. The number of hydrogen-bond donors (Lipinski definition) is 1. The Morgan fingerprint density at radius 3 is 1.89 bits per heavy atom. The highest BCUT2D eigenvalue weighted by molar-refractivity contribution is 5.87. The number of nitrogens with one attached hydrogen (secondary N) is 1. The van der Waals surface area contributed by atoms with Gasteiger partial charge in [0.1, 0.15) is 5.82 Å².